The quantitative estimate of drug-likeness (QED) is 0.0169. The molecule has 0 saturated carbocycles. The van der Waals surface area contributed by atoms with E-state index in [1.807, 2.05) is 24.3 Å². The van der Waals surface area contributed by atoms with E-state index in [0.29, 0.717) is 25.7 Å². The first-order valence-electron chi connectivity index (χ1n) is 36.0. The average molecular weight is 1410 g/mol. The van der Waals surface area contributed by atoms with Crippen LogP contribution in [0.5, 0.6) is 0 Å². The second-order valence-corrected chi connectivity index (χ2v) is 26.0. The number of hydrogen-bond acceptors (Lipinski definition) is 15. The molecule has 5 unspecified atom stereocenters. The monoisotopic (exact) mass is 1410 g/mol. The molecule has 0 radical (unpaired) electrons. The van der Waals surface area contributed by atoms with E-state index in [1.165, 1.54) is 6.42 Å². The van der Waals surface area contributed by atoms with Gasteiger partial charge in [-0.25, -0.2) is 9.13 Å². The SMILES string of the molecule is CC/C=C\C/C=C\C/C=C\C/C=C\C/C=C\CC(=O)OCC(COP(=O)(O)OCC(O)COP(=O)(O)OCC(COC(=O)CCCCCC/C=C\C/C=C\C/C=C\C/C=C\CC)OC(=O)CCCCCCC/C=C\CCCC)OC(=O)C/C=C\C/C=C\C/C=C\C/C=C\C/C=C\CC. The summed E-state index contributed by atoms with van der Waals surface area (Å²) in [7, 11) is -10.0. The predicted molar refractivity (Wildman–Crippen MR) is 399 cm³/mol. The van der Waals surface area contributed by atoms with E-state index in [1.54, 1.807) is 24.3 Å². The highest BCUT2D eigenvalue weighted by Gasteiger charge is 2.30. The number of esters is 4. The molecule has 19 heteroatoms. The fourth-order valence-corrected chi connectivity index (χ4v) is 10.1. The van der Waals surface area contributed by atoms with Crippen LogP contribution in [-0.4, -0.2) is 96.7 Å². The lowest BCUT2D eigenvalue weighted by Gasteiger charge is -2.21. The van der Waals surface area contributed by atoms with E-state index in [0.717, 1.165) is 148 Å². The lowest BCUT2D eigenvalue weighted by atomic mass is 10.1. The number of phosphoric ester groups is 2. The van der Waals surface area contributed by atoms with Crippen LogP contribution in [0.3, 0.4) is 0 Å². The molecular formula is C79H124O17P2. The van der Waals surface area contributed by atoms with Gasteiger partial charge in [-0.3, -0.25) is 37.3 Å². The van der Waals surface area contributed by atoms with Crippen molar-refractivity contribution in [2.45, 2.75) is 251 Å². The van der Waals surface area contributed by atoms with Crippen LogP contribution in [0.15, 0.2) is 182 Å². The number of phosphoric acid groups is 2. The van der Waals surface area contributed by atoms with Crippen LogP contribution in [0, 0.1) is 0 Å². The van der Waals surface area contributed by atoms with E-state index >= 15 is 0 Å². The van der Waals surface area contributed by atoms with Crippen molar-refractivity contribution in [3.05, 3.63) is 182 Å². The first kappa shape index (κ1) is 92.2. The Kier molecular flexibility index (Phi) is 65.5. The van der Waals surface area contributed by atoms with Gasteiger partial charge in [0, 0.05) is 12.8 Å². The van der Waals surface area contributed by atoms with Crippen molar-refractivity contribution in [2.24, 2.45) is 0 Å². The minimum Gasteiger partial charge on any atom is -0.462 e. The van der Waals surface area contributed by atoms with E-state index < -0.39 is 97.5 Å². The number of rotatable bonds is 65. The molecule has 0 rings (SSSR count). The highest BCUT2D eigenvalue weighted by atomic mass is 31.2. The molecule has 17 nitrogen and oxygen atoms in total. The molecule has 0 spiro atoms. The summed E-state index contributed by atoms with van der Waals surface area (Å²) in [5, 5.41) is 10.6. The number of aliphatic hydroxyl groups is 1. The van der Waals surface area contributed by atoms with Crippen LogP contribution < -0.4 is 0 Å². The van der Waals surface area contributed by atoms with Crippen LogP contribution in [0.4, 0.5) is 0 Å². The molecule has 0 saturated heterocycles. The van der Waals surface area contributed by atoms with Crippen LogP contribution in [-0.2, 0) is 65.4 Å². The smallest absolute Gasteiger partial charge is 0.462 e. The largest absolute Gasteiger partial charge is 0.472 e. The molecule has 0 amide bonds. The Morgan fingerprint density at radius 3 is 0.959 bits per heavy atom. The minimum atomic E-state index is -5.03. The van der Waals surface area contributed by atoms with Gasteiger partial charge >= 0.3 is 39.5 Å². The van der Waals surface area contributed by atoms with E-state index in [4.69, 9.17) is 37.0 Å². The number of carbonyl (C=O) groups is 4. The lowest BCUT2D eigenvalue weighted by Crippen LogP contribution is -2.30. The maximum Gasteiger partial charge on any atom is 0.472 e. The Morgan fingerprint density at radius 2 is 0.582 bits per heavy atom. The van der Waals surface area contributed by atoms with Crippen molar-refractivity contribution in [1.82, 2.24) is 0 Å². The normalized spacial score (nSPS) is 15.1. The fourth-order valence-electron chi connectivity index (χ4n) is 8.51. The van der Waals surface area contributed by atoms with Crippen molar-refractivity contribution in [3.8, 4) is 0 Å². The zero-order chi connectivity index (χ0) is 71.8. The van der Waals surface area contributed by atoms with Gasteiger partial charge in [-0.2, -0.15) is 0 Å². The van der Waals surface area contributed by atoms with Gasteiger partial charge in [0.25, 0.3) is 0 Å². The first-order valence-corrected chi connectivity index (χ1v) is 39.0. The third kappa shape index (κ3) is 68.7. The Labute approximate surface area is 590 Å². The number of aliphatic hydroxyl groups excluding tert-OH is 1. The van der Waals surface area contributed by atoms with Crippen molar-refractivity contribution in [3.63, 3.8) is 0 Å². The number of unbranched alkanes of at least 4 members (excludes halogenated alkanes) is 11. The molecule has 3 N–H and O–H groups in total. The van der Waals surface area contributed by atoms with Gasteiger partial charge in [0.05, 0.1) is 39.3 Å². The molecule has 0 bridgehead atoms. The van der Waals surface area contributed by atoms with Crippen LogP contribution >= 0.6 is 15.6 Å². The van der Waals surface area contributed by atoms with Gasteiger partial charge in [-0.05, 0) is 135 Å². The van der Waals surface area contributed by atoms with Gasteiger partial charge in [-0.15, -0.1) is 0 Å². The third-order valence-electron chi connectivity index (χ3n) is 13.9. The second kappa shape index (κ2) is 69.6. The summed E-state index contributed by atoms with van der Waals surface area (Å²) in [5.74, 6) is -2.54. The summed E-state index contributed by atoms with van der Waals surface area (Å²) in [4.78, 5) is 72.5. The topological polar surface area (TPSA) is 237 Å². The highest BCUT2D eigenvalue weighted by Crippen LogP contribution is 2.45. The highest BCUT2D eigenvalue weighted by molar-refractivity contribution is 7.47. The van der Waals surface area contributed by atoms with Crippen LogP contribution in [0.1, 0.15) is 233 Å². The summed E-state index contributed by atoms with van der Waals surface area (Å²) < 4.78 is 68.0. The number of hydrogen-bond donors (Lipinski definition) is 3. The second-order valence-electron chi connectivity index (χ2n) is 23.1. The maximum atomic E-state index is 13.0. The Balaban J connectivity index is 5.51. The summed E-state index contributed by atoms with van der Waals surface area (Å²) in [5.41, 5.74) is 0. The van der Waals surface area contributed by atoms with Gasteiger partial charge in [0.15, 0.2) is 12.2 Å². The Bertz CT molecular complexity index is 2580. The number of carbonyl (C=O) groups excluding carboxylic acids is 4. The van der Waals surface area contributed by atoms with Crippen molar-refractivity contribution < 1.29 is 80.2 Å². The first-order chi connectivity index (χ1) is 47.7. The zero-order valence-electron chi connectivity index (χ0n) is 59.9. The summed E-state index contributed by atoms with van der Waals surface area (Å²) in [6.45, 7) is 4.16. The number of allylic oxidation sites excluding steroid dienone is 28. The van der Waals surface area contributed by atoms with Gasteiger partial charge in [0.1, 0.15) is 19.3 Å². The summed E-state index contributed by atoms with van der Waals surface area (Å²) in [6, 6.07) is 0. The Hall–Kier alpha value is -5.84. The molecule has 0 aromatic rings. The minimum absolute atomic E-state index is 0.0671. The molecule has 5 atom stereocenters. The molecule has 0 aliphatic rings. The molecule has 552 valence electrons. The van der Waals surface area contributed by atoms with E-state index in [-0.39, 0.29) is 25.7 Å². The van der Waals surface area contributed by atoms with Crippen LogP contribution in [0.2, 0.25) is 0 Å². The van der Waals surface area contributed by atoms with Gasteiger partial charge in [-0.1, -0.05) is 255 Å². The zero-order valence-corrected chi connectivity index (χ0v) is 61.7. The molecule has 98 heavy (non-hydrogen) atoms. The van der Waals surface area contributed by atoms with Gasteiger partial charge in [0.2, 0.25) is 0 Å². The maximum absolute atomic E-state index is 13.0. The average Bonchev–Trinajstić information content (AvgIpc) is 0.982. The van der Waals surface area contributed by atoms with Crippen molar-refractivity contribution >= 4 is 39.5 Å². The van der Waals surface area contributed by atoms with Crippen molar-refractivity contribution in [2.75, 3.05) is 39.6 Å². The van der Waals surface area contributed by atoms with Crippen LogP contribution in [0.25, 0.3) is 0 Å². The molecule has 0 aromatic carbocycles. The molecule has 0 aliphatic heterocycles. The van der Waals surface area contributed by atoms with E-state index in [2.05, 4.69) is 161 Å². The molecule has 0 fully saturated rings. The molecule has 0 heterocycles. The molecule has 0 aliphatic carbocycles. The third-order valence-corrected chi connectivity index (χ3v) is 15.8. The molecule has 0 aromatic heterocycles. The van der Waals surface area contributed by atoms with Crippen molar-refractivity contribution in [1.29, 1.82) is 0 Å². The predicted octanol–water partition coefficient (Wildman–Crippen LogP) is 20.4. The Morgan fingerprint density at radius 1 is 0.306 bits per heavy atom. The number of ether oxygens (including phenoxy) is 4. The fraction of sp³-hybridized carbons (Fsp3) is 0.570. The molecular weight excluding hydrogens is 1280 g/mol. The lowest BCUT2D eigenvalue weighted by molar-refractivity contribution is -0.161. The standard InChI is InChI=1S/C79H124O17P2/c1-5-9-13-17-21-25-29-32-35-36-39-41-45-48-52-56-60-64-77(82)89-69-74(95-78(83)65-61-57-53-49-43-28-24-20-16-12-8-4)71-93-97(85,86)91-67-73(80)68-92-98(87,88)94-72-75(96-79(84)66-62-58-54-50-46-42-38-34-31-27-23-19-15-11-7-3)70-90-76(81)63-59-55-51-47-44-40-37-33-30-26-22-18-14-10-6-2/h9-11,13-15,20-27,32-35,37-39,41,44,46-47,50,55,58-59,62,73-75,80H,5-8,12,16-19,28-31,36,40,42-43,45,48-49,51-54,56-57,60-61,63-72H2,1-4H3,(H,85,86)(H,87,88)/b13-9-,14-10-,15-11-,24-20-,25-21-,26-22-,27-23-,35-32-,37-33-,38-34-,41-39-,47-44-,50-46-,59-55-,62-58-. The summed E-state index contributed by atoms with van der Waals surface area (Å²) >= 11 is 0. The summed E-state index contributed by atoms with van der Waals surface area (Å²) in [6.07, 6.45) is 82.6. The van der Waals surface area contributed by atoms with E-state index in [9.17, 15) is 43.2 Å². The van der Waals surface area contributed by atoms with Gasteiger partial charge < -0.3 is 33.8 Å².